The van der Waals surface area contributed by atoms with Crippen LogP contribution >= 0.6 is 11.3 Å². The van der Waals surface area contributed by atoms with Gasteiger partial charge in [-0.3, -0.25) is 0 Å². The number of carbonyl (C=O) groups is 1. The highest BCUT2D eigenvalue weighted by Gasteiger charge is 2.06. The first-order chi connectivity index (χ1) is 10.2. The van der Waals surface area contributed by atoms with Gasteiger partial charge in [0, 0.05) is 17.0 Å². The first-order valence-electron chi connectivity index (χ1n) is 6.66. The fourth-order valence-corrected chi connectivity index (χ4v) is 2.45. The number of hydrogen-bond donors (Lipinski definition) is 0. The molecule has 0 saturated heterocycles. The van der Waals surface area contributed by atoms with Crippen LogP contribution in [0.15, 0.2) is 53.9 Å². The molecule has 0 aliphatic rings. The van der Waals surface area contributed by atoms with Gasteiger partial charge in [-0.05, 0) is 13.8 Å². The molecule has 0 saturated carbocycles. The fourth-order valence-electron chi connectivity index (χ4n) is 1.64. The first kappa shape index (κ1) is 15.2. The third kappa shape index (κ3) is 4.68. The van der Waals surface area contributed by atoms with Crippen LogP contribution in [0.3, 0.4) is 0 Å². The predicted molar refractivity (Wildman–Crippen MR) is 86.0 cm³/mol. The van der Waals surface area contributed by atoms with Gasteiger partial charge >= 0.3 is 5.97 Å². The number of benzene rings is 1. The van der Waals surface area contributed by atoms with Crippen molar-refractivity contribution in [2.24, 2.45) is 0 Å². The zero-order chi connectivity index (χ0) is 15.1. The van der Waals surface area contributed by atoms with E-state index in [2.05, 4.69) is 24.0 Å². The van der Waals surface area contributed by atoms with Gasteiger partial charge in [0.25, 0.3) is 0 Å². The normalized spacial score (nSPS) is 11.3. The number of ether oxygens (including phenoxy) is 1. The lowest BCUT2D eigenvalue weighted by molar-refractivity contribution is -0.139. The second kappa shape index (κ2) is 7.55. The van der Waals surface area contributed by atoms with Crippen molar-refractivity contribution in [3.05, 3.63) is 65.2 Å². The number of rotatable bonds is 5. The van der Waals surface area contributed by atoms with Crippen LogP contribution < -0.4 is 0 Å². The maximum absolute atomic E-state index is 11.4. The average molecular weight is 299 g/mol. The Kier molecular flexibility index (Phi) is 5.46. The zero-order valence-corrected chi connectivity index (χ0v) is 12.9. The van der Waals surface area contributed by atoms with Crippen LogP contribution in [0.2, 0.25) is 0 Å². The molecule has 0 aliphatic heterocycles. The zero-order valence-electron chi connectivity index (χ0n) is 12.1. The van der Waals surface area contributed by atoms with E-state index in [9.17, 15) is 4.79 Å². The summed E-state index contributed by atoms with van der Waals surface area (Å²) in [5.41, 5.74) is 3.07. The quantitative estimate of drug-likeness (QED) is 0.469. The van der Waals surface area contributed by atoms with E-state index in [-0.39, 0.29) is 12.6 Å². The van der Waals surface area contributed by atoms with E-state index in [1.54, 1.807) is 23.5 Å². The van der Waals surface area contributed by atoms with Gasteiger partial charge in [-0.1, -0.05) is 48.1 Å². The van der Waals surface area contributed by atoms with Crippen LogP contribution in [0, 0.1) is 6.92 Å². The van der Waals surface area contributed by atoms with Gasteiger partial charge in [0.05, 0.1) is 5.69 Å². The second-order valence-electron chi connectivity index (χ2n) is 4.50. The number of carbonyl (C=O) groups excluding carboxylic acids is 1. The SMILES string of the molecule is C/C=C/C=C/C(=O)OCc1csc(-c2ccc(C)cc2)n1. The third-order valence-electron chi connectivity index (χ3n) is 2.75. The first-order valence-corrected chi connectivity index (χ1v) is 7.54. The number of aryl methyl sites for hydroxylation is 1. The summed E-state index contributed by atoms with van der Waals surface area (Å²) in [6.07, 6.45) is 6.67. The highest BCUT2D eigenvalue weighted by atomic mass is 32.1. The molecule has 1 aromatic heterocycles. The number of aromatic nitrogens is 1. The Morgan fingerprint density at radius 1 is 1.29 bits per heavy atom. The van der Waals surface area contributed by atoms with Crippen molar-refractivity contribution in [3.8, 4) is 10.6 Å². The van der Waals surface area contributed by atoms with Gasteiger partial charge in [-0.2, -0.15) is 0 Å². The van der Waals surface area contributed by atoms with E-state index in [0.29, 0.717) is 0 Å². The number of thiazole rings is 1. The average Bonchev–Trinajstić information content (AvgIpc) is 2.95. The molecule has 0 spiro atoms. The van der Waals surface area contributed by atoms with Crippen molar-refractivity contribution >= 4 is 17.3 Å². The largest absolute Gasteiger partial charge is 0.456 e. The van der Waals surface area contributed by atoms with E-state index < -0.39 is 0 Å². The van der Waals surface area contributed by atoms with Gasteiger partial charge in [0.2, 0.25) is 0 Å². The molecule has 4 heteroatoms. The highest BCUT2D eigenvalue weighted by Crippen LogP contribution is 2.24. The van der Waals surface area contributed by atoms with E-state index in [1.807, 2.05) is 30.5 Å². The second-order valence-corrected chi connectivity index (χ2v) is 5.36. The molecule has 3 nitrogen and oxygen atoms in total. The Labute approximate surface area is 128 Å². The molecular weight excluding hydrogens is 282 g/mol. The molecule has 1 aromatic carbocycles. The fraction of sp³-hybridized carbons (Fsp3) is 0.176. The number of allylic oxidation sites excluding steroid dienone is 3. The summed E-state index contributed by atoms with van der Waals surface area (Å²) in [6, 6.07) is 8.21. The summed E-state index contributed by atoms with van der Waals surface area (Å²) >= 11 is 1.55. The molecule has 1 heterocycles. The lowest BCUT2D eigenvalue weighted by Gasteiger charge is -1.98. The Morgan fingerprint density at radius 3 is 2.76 bits per heavy atom. The van der Waals surface area contributed by atoms with E-state index in [0.717, 1.165) is 16.3 Å². The van der Waals surface area contributed by atoms with Gasteiger partial charge < -0.3 is 4.74 Å². The van der Waals surface area contributed by atoms with Gasteiger partial charge in [-0.15, -0.1) is 11.3 Å². The third-order valence-corrected chi connectivity index (χ3v) is 3.69. The van der Waals surface area contributed by atoms with Crippen LogP contribution in [0.5, 0.6) is 0 Å². The van der Waals surface area contributed by atoms with Crippen LogP contribution in [-0.2, 0) is 16.1 Å². The van der Waals surface area contributed by atoms with Crippen LogP contribution in [0.25, 0.3) is 10.6 Å². The summed E-state index contributed by atoms with van der Waals surface area (Å²) < 4.78 is 5.13. The molecule has 0 unspecified atom stereocenters. The van der Waals surface area contributed by atoms with Crippen LogP contribution in [0.4, 0.5) is 0 Å². The van der Waals surface area contributed by atoms with Crippen molar-refractivity contribution in [2.75, 3.05) is 0 Å². The minimum Gasteiger partial charge on any atom is -0.456 e. The summed E-state index contributed by atoms with van der Waals surface area (Å²) in [5, 5.41) is 2.85. The molecule has 0 atom stereocenters. The smallest absolute Gasteiger partial charge is 0.331 e. The van der Waals surface area contributed by atoms with Crippen molar-refractivity contribution in [1.29, 1.82) is 0 Å². The Hall–Kier alpha value is -2.20. The van der Waals surface area contributed by atoms with E-state index in [4.69, 9.17) is 4.74 Å². The van der Waals surface area contributed by atoms with E-state index in [1.165, 1.54) is 11.6 Å². The monoisotopic (exact) mass is 299 g/mol. The topological polar surface area (TPSA) is 39.2 Å². The Bertz CT molecular complexity index is 654. The maximum Gasteiger partial charge on any atom is 0.331 e. The molecular formula is C17H17NO2S. The van der Waals surface area contributed by atoms with Gasteiger partial charge in [-0.25, -0.2) is 9.78 Å². The molecule has 0 fully saturated rings. The van der Waals surface area contributed by atoms with Crippen molar-refractivity contribution < 1.29 is 9.53 Å². The highest BCUT2D eigenvalue weighted by molar-refractivity contribution is 7.13. The minimum absolute atomic E-state index is 0.196. The Balaban J connectivity index is 1.94. The van der Waals surface area contributed by atoms with Gasteiger partial charge in [0.1, 0.15) is 11.6 Å². The molecule has 2 rings (SSSR count). The molecule has 0 aliphatic carbocycles. The molecule has 108 valence electrons. The lowest BCUT2D eigenvalue weighted by Crippen LogP contribution is -2.00. The summed E-state index contributed by atoms with van der Waals surface area (Å²) in [4.78, 5) is 15.9. The predicted octanol–water partition coefficient (Wildman–Crippen LogP) is 4.29. The molecule has 0 amide bonds. The lowest BCUT2D eigenvalue weighted by atomic mass is 10.2. The molecule has 2 aromatic rings. The number of esters is 1. The molecule has 0 N–H and O–H groups in total. The standard InChI is InChI=1S/C17H17NO2S/c1-3-4-5-6-16(19)20-11-15-12-21-17(18-15)14-9-7-13(2)8-10-14/h3-10,12H,11H2,1-2H3/b4-3+,6-5+. The summed E-state index contributed by atoms with van der Waals surface area (Å²) in [5.74, 6) is -0.363. The van der Waals surface area contributed by atoms with Crippen molar-refractivity contribution in [3.63, 3.8) is 0 Å². The maximum atomic E-state index is 11.4. The molecule has 0 radical (unpaired) electrons. The van der Waals surface area contributed by atoms with Crippen LogP contribution in [-0.4, -0.2) is 11.0 Å². The van der Waals surface area contributed by atoms with Gasteiger partial charge in [0.15, 0.2) is 0 Å². The Morgan fingerprint density at radius 2 is 2.05 bits per heavy atom. The van der Waals surface area contributed by atoms with E-state index >= 15 is 0 Å². The van der Waals surface area contributed by atoms with Crippen molar-refractivity contribution in [1.82, 2.24) is 4.98 Å². The molecule has 21 heavy (non-hydrogen) atoms. The van der Waals surface area contributed by atoms with Crippen LogP contribution in [0.1, 0.15) is 18.2 Å². The van der Waals surface area contributed by atoms with Crippen molar-refractivity contribution in [2.45, 2.75) is 20.5 Å². The minimum atomic E-state index is -0.363. The summed E-state index contributed by atoms with van der Waals surface area (Å²) in [7, 11) is 0. The summed E-state index contributed by atoms with van der Waals surface area (Å²) in [6.45, 7) is 4.14. The number of hydrogen-bond acceptors (Lipinski definition) is 4. The number of nitrogens with zero attached hydrogens (tertiary/aromatic N) is 1. The molecule has 0 bridgehead atoms.